The highest BCUT2D eigenvalue weighted by atomic mass is 79.9. The van der Waals surface area contributed by atoms with Crippen LogP contribution in [-0.4, -0.2) is 68.2 Å². The number of rotatable bonds is 4. The normalized spacial score (nSPS) is 22.1. The predicted octanol–water partition coefficient (Wildman–Crippen LogP) is 3.18. The Balaban J connectivity index is 2.44. The van der Waals surface area contributed by atoms with Gasteiger partial charge in [0.1, 0.15) is 11.5 Å². The maximum Gasteiger partial charge on any atom is 0.414 e. The first kappa shape index (κ1) is 21.5. The van der Waals surface area contributed by atoms with E-state index < -0.39 is 18.0 Å². The van der Waals surface area contributed by atoms with Crippen molar-refractivity contribution in [2.24, 2.45) is 0 Å². The molecule has 2 amide bonds. The Morgan fingerprint density at radius 2 is 1.63 bits per heavy atom. The van der Waals surface area contributed by atoms with E-state index in [1.165, 1.54) is 15.9 Å². The molecule has 0 saturated carbocycles. The number of carbonyl (C=O) groups excluding carboxylic acids is 2. The van der Waals surface area contributed by atoms with Gasteiger partial charge in [-0.15, -0.1) is 0 Å². The Morgan fingerprint density at radius 3 is 2.04 bits per heavy atom. The monoisotopic (exact) mass is 444 g/mol. The SMILES string of the molecule is CC1CCOC(CBr)(c2cc(OC(=O)N(C)C)cc(OC(=O)N(C)C)c2)O1. The summed E-state index contributed by atoms with van der Waals surface area (Å²) in [5.41, 5.74) is 0.580. The lowest BCUT2D eigenvalue weighted by Crippen LogP contribution is -2.43. The number of alkyl halides is 1. The average molecular weight is 445 g/mol. The molecule has 1 saturated heterocycles. The molecule has 1 aliphatic rings. The lowest BCUT2D eigenvalue weighted by Gasteiger charge is -2.39. The van der Waals surface area contributed by atoms with Crippen LogP contribution >= 0.6 is 15.9 Å². The summed E-state index contributed by atoms with van der Waals surface area (Å²) in [7, 11) is 6.31. The Labute approximate surface area is 167 Å². The van der Waals surface area contributed by atoms with Crippen molar-refractivity contribution in [1.29, 1.82) is 0 Å². The van der Waals surface area contributed by atoms with Gasteiger partial charge >= 0.3 is 12.2 Å². The fraction of sp³-hybridized carbons (Fsp3) is 0.556. The second-order valence-electron chi connectivity index (χ2n) is 6.67. The molecule has 0 aliphatic carbocycles. The summed E-state index contributed by atoms with van der Waals surface area (Å²) in [6.45, 7) is 2.48. The Kier molecular flexibility index (Phi) is 7.07. The van der Waals surface area contributed by atoms with Crippen molar-refractivity contribution < 1.29 is 28.5 Å². The quantitative estimate of drug-likeness (QED) is 0.663. The van der Waals surface area contributed by atoms with Crippen molar-refractivity contribution in [3.8, 4) is 11.5 Å². The van der Waals surface area contributed by atoms with Gasteiger partial charge in [-0.25, -0.2) is 9.59 Å². The summed E-state index contributed by atoms with van der Waals surface area (Å²) in [4.78, 5) is 26.5. The third-order valence-electron chi connectivity index (χ3n) is 3.89. The van der Waals surface area contributed by atoms with Gasteiger partial charge < -0.3 is 28.7 Å². The van der Waals surface area contributed by atoms with Crippen molar-refractivity contribution in [2.75, 3.05) is 40.1 Å². The topological polar surface area (TPSA) is 77.5 Å². The van der Waals surface area contributed by atoms with E-state index in [1.54, 1.807) is 40.3 Å². The van der Waals surface area contributed by atoms with Crippen LogP contribution in [0.15, 0.2) is 18.2 Å². The van der Waals surface area contributed by atoms with Gasteiger partial charge in [-0.05, 0) is 25.5 Å². The number of halogens is 1. The van der Waals surface area contributed by atoms with Gasteiger partial charge in [0.05, 0.1) is 18.0 Å². The van der Waals surface area contributed by atoms with Crippen molar-refractivity contribution in [1.82, 2.24) is 9.80 Å². The van der Waals surface area contributed by atoms with Gasteiger partial charge in [-0.1, -0.05) is 15.9 Å². The number of hydrogen-bond acceptors (Lipinski definition) is 6. The molecule has 0 N–H and O–H groups in total. The minimum absolute atomic E-state index is 0.0166. The molecule has 0 radical (unpaired) electrons. The van der Waals surface area contributed by atoms with E-state index in [-0.39, 0.29) is 17.6 Å². The lowest BCUT2D eigenvalue weighted by atomic mass is 10.0. The predicted molar refractivity (Wildman–Crippen MR) is 102 cm³/mol. The van der Waals surface area contributed by atoms with Crippen LogP contribution in [0.25, 0.3) is 0 Å². The van der Waals surface area contributed by atoms with Gasteiger partial charge in [0.2, 0.25) is 5.79 Å². The van der Waals surface area contributed by atoms with E-state index in [1.807, 2.05) is 6.92 Å². The van der Waals surface area contributed by atoms with E-state index in [2.05, 4.69) is 15.9 Å². The molecule has 1 fully saturated rings. The standard InChI is InChI=1S/C18H25BrN2O6/c1-12-6-7-24-18(11-19,27-12)13-8-14(25-16(22)20(2)3)10-15(9-13)26-17(23)21(4)5/h8-10,12H,6-7,11H2,1-5H3. The summed E-state index contributed by atoms with van der Waals surface area (Å²) in [5.74, 6) is -0.630. The highest BCUT2D eigenvalue weighted by Gasteiger charge is 2.39. The fourth-order valence-electron chi connectivity index (χ4n) is 2.40. The zero-order valence-electron chi connectivity index (χ0n) is 16.2. The number of amides is 2. The van der Waals surface area contributed by atoms with Crippen LogP contribution in [0.3, 0.4) is 0 Å². The molecule has 1 aliphatic heterocycles. The first-order valence-corrected chi connectivity index (χ1v) is 9.60. The second kappa shape index (κ2) is 8.90. The van der Waals surface area contributed by atoms with Gasteiger partial charge in [0.25, 0.3) is 0 Å². The molecule has 8 nitrogen and oxygen atoms in total. The van der Waals surface area contributed by atoms with Gasteiger partial charge in [-0.3, -0.25) is 0 Å². The summed E-state index contributed by atoms with van der Waals surface area (Å²) in [6.07, 6.45) is -0.350. The molecule has 27 heavy (non-hydrogen) atoms. The van der Waals surface area contributed by atoms with Gasteiger partial charge in [0, 0.05) is 39.8 Å². The molecule has 0 bridgehead atoms. The molecule has 0 spiro atoms. The maximum absolute atomic E-state index is 12.0. The van der Waals surface area contributed by atoms with Crippen LogP contribution in [0.5, 0.6) is 11.5 Å². The van der Waals surface area contributed by atoms with Crippen LogP contribution < -0.4 is 9.47 Å². The molecule has 9 heteroatoms. The Morgan fingerprint density at radius 1 is 1.11 bits per heavy atom. The third kappa shape index (κ3) is 5.33. The average Bonchev–Trinajstić information content (AvgIpc) is 2.61. The Hall–Kier alpha value is -1.84. The zero-order chi connectivity index (χ0) is 20.2. The second-order valence-corrected chi connectivity index (χ2v) is 7.23. The first-order valence-electron chi connectivity index (χ1n) is 8.48. The Bertz CT molecular complexity index is 656. The molecule has 150 valence electrons. The number of benzene rings is 1. The third-order valence-corrected chi connectivity index (χ3v) is 4.63. The molecule has 0 aromatic heterocycles. The zero-order valence-corrected chi connectivity index (χ0v) is 17.7. The first-order chi connectivity index (χ1) is 12.7. The molecular weight excluding hydrogens is 420 g/mol. The van der Waals surface area contributed by atoms with Gasteiger partial charge in [0.15, 0.2) is 0 Å². The van der Waals surface area contributed by atoms with Crippen molar-refractivity contribution in [3.05, 3.63) is 23.8 Å². The summed E-state index contributed by atoms with van der Waals surface area (Å²) in [6, 6.07) is 4.77. The van der Waals surface area contributed by atoms with E-state index in [0.29, 0.717) is 17.5 Å². The van der Waals surface area contributed by atoms with Crippen LogP contribution in [0.2, 0.25) is 0 Å². The van der Waals surface area contributed by atoms with E-state index in [4.69, 9.17) is 18.9 Å². The summed E-state index contributed by atoms with van der Waals surface area (Å²) in [5, 5.41) is 0.358. The van der Waals surface area contributed by atoms with Crippen LogP contribution in [-0.2, 0) is 15.3 Å². The van der Waals surface area contributed by atoms with Crippen molar-refractivity contribution >= 4 is 28.1 Å². The van der Waals surface area contributed by atoms with Crippen molar-refractivity contribution in [2.45, 2.75) is 25.2 Å². The fourth-order valence-corrected chi connectivity index (χ4v) is 3.02. The smallest absolute Gasteiger partial charge is 0.410 e. The molecule has 2 unspecified atom stereocenters. The molecule has 2 atom stereocenters. The van der Waals surface area contributed by atoms with E-state index in [9.17, 15) is 9.59 Å². The van der Waals surface area contributed by atoms with Crippen LogP contribution in [0.4, 0.5) is 9.59 Å². The minimum atomic E-state index is -1.07. The van der Waals surface area contributed by atoms with E-state index in [0.717, 1.165) is 6.42 Å². The number of carbonyl (C=O) groups is 2. The number of nitrogens with zero attached hydrogens (tertiary/aromatic N) is 2. The number of ether oxygens (including phenoxy) is 4. The molecule has 1 aromatic carbocycles. The minimum Gasteiger partial charge on any atom is -0.410 e. The summed E-state index contributed by atoms with van der Waals surface area (Å²) < 4.78 is 22.7. The maximum atomic E-state index is 12.0. The molecule has 1 heterocycles. The molecular formula is C18H25BrN2O6. The van der Waals surface area contributed by atoms with Crippen LogP contribution in [0, 0.1) is 0 Å². The van der Waals surface area contributed by atoms with Gasteiger partial charge in [-0.2, -0.15) is 0 Å². The summed E-state index contributed by atoms with van der Waals surface area (Å²) >= 11 is 3.45. The number of hydrogen-bond donors (Lipinski definition) is 0. The van der Waals surface area contributed by atoms with Crippen molar-refractivity contribution in [3.63, 3.8) is 0 Å². The molecule has 2 rings (SSSR count). The highest BCUT2D eigenvalue weighted by Crippen LogP contribution is 2.38. The highest BCUT2D eigenvalue weighted by molar-refractivity contribution is 9.09. The van der Waals surface area contributed by atoms with E-state index >= 15 is 0 Å². The lowest BCUT2D eigenvalue weighted by molar-refractivity contribution is -0.285. The largest absolute Gasteiger partial charge is 0.414 e. The van der Waals surface area contributed by atoms with Crippen LogP contribution in [0.1, 0.15) is 18.9 Å². The molecule has 1 aromatic rings.